The minimum Gasteiger partial charge on any atom is -0.505 e. The Hall–Kier alpha value is -2.61. The highest BCUT2D eigenvalue weighted by Gasteiger charge is 2.26. The van der Waals surface area contributed by atoms with Gasteiger partial charge in [-0.25, -0.2) is 17.5 Å². The van der Waals surface area contributed by atoms with Crippen molar-refractivity contribution in [3.05, 3.63) is 48.4 Å². The Morgan fingerprint density at radius 2 is 1.70 bits per heavy atom. The monoisotopic (exact) mass is 389 g/mol. The lowest BCUT2D eigenvalue weighted by Gasteiger charge is -2.32. The van der Waals surface area contributed by atoms with E-state index in [1.54, 1.807) is 12.3 Å². The van der Waals surface area contributed by atoms with Gasteiger partial charge in [-0.05, 0) is 49.2 Å². The summed E-state index contributed by atoms with van der Waals surface area (Å²) in [6.07, 6.45) is 4.10. The van der Waals surface area contributed by atoms with Gasteiger partial charge in [0.05, 0.1) is 17.1 Å². The smallest absolute Gasteiger partial charge is 0.191 e. The Labute approximate surface area is 156 Å². The third-order valence-electron chi connectivity index (χ3n) is 5.16. The number of nitrogens with zero attached hydrogens (tertiary/aromatic N) is 3. The number of sulfone groups is 1. The maximum atomic E-state index is 14.3. The lowest BCUT2D eigenvalue weighted by molar-refractivity contribution is 0.435. The van der Waals surface area contributed by atoms with Crippen molar-refractivity contribution in [1.82, 2.24) is 9.78 Å². The molecular formula is C19H20FN3O3S. The molecule has 4 rings (SSSR count). The van der Waals surface area contributed by atoms with Crippen molar-refractivity contribution in [3.8, 4) is 11.4 Å². The molecule has 0 unspecified atom stereocenters. The van der Waals surface area contributed by atoms with E-state index in [9.17, 15) is 17.9 Å². The highest BCUT2D eigenvalue weighted by Crippen LogP contribution is 2.29. The Morgan fingerprint density at radius 1 is 1.07 bits per heavy atom. The van der Waals surface area contributed by atoms with Crippen molar-refractivity contribution in [2.75, 3.05) is 24.2 Å². The summed E-state index contributed by atoms with van der Waals surface area (Å²) >= 11 is 0. The number of piperidine rings is 1. The summed E-state index contributed by atoms with van der Waals surface area (Å²) in [7, 11) is -2.99. The predicted octanol–water partition coefficient (Wildman–Crippen LogP) is 2.88. The van der Waals surface area contributed by atoms with Crippen LogP contribution in [0.4, 0.5) is 10.1 Å². The summed E-state index contributed by atoms with van der Waals surface area (Å²) in [6.45, 7) is 1.37. The summed E-state index contributed by atoms with van der Waals surface area (Å²) in [4.78, 5) is 2.15. The first-order valence-corrected chi connectivity index (χ1v) is 10.7. The molecule has 0 bridgehead atoms. The molecule has 0 aliphatic carbocycles. The molecule has 1 N–H and O–H groups in total. The molecule has 0 atom stereocenters. The minimum atomic E-state index is -2.99. The van der Waals surface area contributed by atoms with Gasteiger partial charge in [-0.15, -0.1) is 0 Å². The number of anilines is 1. The molecule has 0 spiro atoms. The second-order valence-electron chi connectivity index (χ2n) is 6.93. The Bertz CT molecular complexity index is 1090. The molecule has 27 heavy (non-hydrogen) atoms. The Balaban J connectivity index is 1.58. The zero-order valence-electron chi connectivity index (χ0n) is 14.8. The van der Waals surface area contributed by atoms with Crippen molar-refractivity contribution in [3.63, 3.8) is 0 Å². The normalized spacial score (nSPS) is 16.1. The van der Waals surface area contributed by atoms with Gasteiger partial charge in [0.25, 0.3) is 0 Å². The van der Waals surface area contributed by atoms with E-state index in [2.05, 4.69) is 10.00 Å². The van der Waals surface area contributed by atoms with Crippen LogP contribution in [0.15, 0.2) is 42.6 Å². The van der Waals surface area contributed by atoms with Crippen LogP contribution in [0.2, 0.25) is 0 Å². The summed E-state index contributed by atoms with van der Waals surface area (Å²) in [6, 6.07) is 10.5. The van der Waals surface area contributed by atoms with Gasteiger partial charge < -0.3 is 10.0 Å². The molecule has 0 saturated carbocycles. The number of fused-ring (bicyclic) bond motifs is 1. The van der Waals surface area contributed by atoms with Crippen molar-refractivity contribution in [2.45, 2.75) is 18.1 Å². The number of aromatic nitrogens is 2. The molecule has 2 aromatic carbocycles. The van der Waals surface area contributed by atoms with Crippen molar-refractivity contribution < 1.29 is 17.9 Å². The topological polar surface area (TPSA) is 75.4 Å². The van der Waals surface area contributed by atoms with Crippen LogP contribution in [0.3, 0.4) is 0 Å². The first-order chi connectivity index (χ1) is 12.8. The number of hydrogen-bond acceptors (Lipinski definition) is 5. The van der Waals surface area contributed by atoms with E-state index in [4.69, 9.17) is 0 Å². The van der Waals surface area contributed by atoms with Gasteiger partial charge in [-0.1, -0.05) is 0 Å². The summed E-state index contributed by atoms with van der Waals surface area (Å²) in [5.41, 5.74) is 1.91. The molecule has 6 nitrogen and oxygen atoms in total. The van der Waals surface area contributed by atoms with Crippen LogP contribution in [0, 0.1) is 5.82 Å². The van der Waals surface area contributed by atoms with Crippen molar-refractivity contribution in [2.24, 2.45) is 0 Å². The van der Waals surface area contributed by atoms with Gasteiger partial charge in [0.2, 0.25) is 0 Å². The fourth-order valence-corrected chi connectivity index (χ4v) is 4.68. The first-order valence-electron chi connectivity index (χ1n) is 8.74. The molecule has 1 saturated heterocycles. The molecule has 1 fully saturated rings. The van der Waals surface area contributed by atoms with Crippen LogP contribution < -0.4 is 4.90 Å². The van der Waals surface area contributed by atoms with Crippen LogP contribution in [0.5, 0.6) is 5.75 Å². The van der Waals surface area contributed by atoms with E-state index in [0.717, 1.165) is 5.69 Å². The Morgan fingerprint density at radius 3 is 2.33 bits per heavy atom. The third-order valence-corrected chi connectivity index (χ3v) is 6.84. The third kappa shape index (κ3) is 3.25. The summed E-state index contributed by atoms with van der Waals surface area (Å²) in [5, 5.41) is 14.2. The molecular weight excluding hydrogens is 369 g/mol. The van der Waals surface area contributed by atoms with Crippen LogP contribution in [0.1, 0.15) is 12.8 Å². The average Bonchev–Trinajstić information content (AvgIpc) is 3.09. The van der Waals surface area contributed by atoms with E-state index in [1.165, 1.54) is 17.0 Å². The maximum absolute atomic E-state index is 14.3. The summed E-state index contributed by atoms with van der Waals surface area (Å²) < 4.78 is 39.1. The number of rotatable bonds is 3. The lowest BCUT2D eigenvalue weighted by atomic mass is 10.1. The molecule has 8 heteroatoms. The number of halogens is 1. The predicted molar refractivity (Wildman–Crippen MR) is 103 cm³/mol. The molecule has 2 heterocycles. The zero-order valence-corrected chi connectivity index (χ0v) is 15.7. The van der Waals surface area contributed by atoms with Gasteiger partial charge in [-0.3, -0.25) is 0 Å². The van der Waals surface area contributed by atoms with Crippen LogP contribution in [0.25, 0.3) is 16.6 Å². The molecule has 1 aromatic heterocycles. The maximum Gasteiger partial charge on any atom is 0.191 e. The number of hydrogen-bond donors (Lipinski definition) is 1. The van der Waals surface area contributed by atoms with Gasteiger partial charge in [-0.2, -0.15) is 5.10 Å². The molecule has 1 aliphatic heterocycles. The van der Waals surface area contributed by atoms with Crippen LogP contribution in [-0.2, 0) is 9.84 Å². The van der Waals surface area contributed by atoms with E-state index >= 15 is 0 Å². The zero-order chi connectivity index (χ0) is 19.2. The van der Waals surface area contributed by atoms with Gasteiger partial charge in [0.1, 0.15) is 15.4 Å². The Kier molecular flexibility index (Phi) is 4.30. The fraction of sp³-hybridized carbons (Fsp3) is 0.316. The quantitative estimate of drug-likeness (QED) is 0.746. The average molecular weight is 389 g/mol. The molecule has 1 aliphatic rings. The van der Waals surface area contributed by atoms with E-state index in [1.807, 2.05) is 24.3 Å². The standard InChI is InChI=1S/C19H20FN3O3S/c1-27(25,26)16-8-10-22(11-9-16)14-3-5-15(6-4-14)23-19-13(12-21-23)2-7-17(24)18(19)20/h2-7,12,16,24H,8-11H2,1H3. The SMILES string of the molecule is CS(=O)(=O)C1CCN(c2ccc(-n3ncc4ccc(O)c(F)c43)cc2)CC1. The number of aromatic hydroxyl groups is 1. The van der Waals surface area contributed by atoms with E-state index in [-0.39, 0.29) is 10.8 Å². The minimum absolute atomic E-state index is 0.233. The van der Waals surface area contributed by atoms with E-state index < -0.39 is 21.4 Å². The van der Waals surface area contributed by atoms with Gasteiger partial charge in [0, 0.05) is 30.4 Å². The lowest BCUT2D eigenvalue weighted by Crippen LogP contribution is -2.39. The molecule has 0 radical (unpaired) electrons. The van der Waals surface area contributed by atoms with Crippen molar-refractivity contribution >= 4 is 26.4 Å². The second kappa shape index (κ2) is 6.53. The number of benzene rings is 2. The number of phenols is 1. The van der Waals surface area contributed by atoms with E-state index in [0.29, 0.717) is 37.0 Å². The first kappa shape index (κ1) is 17.8. The highest BCUT2D eigenvalue weighted by molar-refractivity contribution is 7.91. The van der Waals surface area contributed by atoms with Crippen LogP contribution >= 0.6 is 0 Å². The fourth-order valence-electron chi connectivity index (χ4n) is 3.61. The number of phenolic OH excluding ortho intramolecular Hbond substituents is 1. The van der Waals surface area contributed by atoms with Crippen LogP contribution in [-0.4, -0.2) is 47.9 Å². The molecule has 0 amide bonds. The molecule has 3 aromatic rings. The van der Waals surface area contributed by atoms with Crippen molar-refractivity contribution in [1.29, 1.82) is 0 Å². The van der Waals surface area contributed by atoms with Gasteiger partial charge in [0.15, 0.2) is 11.6 Å². The molecule has 142 valence electrons. The summed E-state index contributed by atoms with van der Waals surface area (Å²) in [5.74, 6) is -1.11. The second-order valence-corrected chi connectivity index (χ2v) is 9.25. The van der Waals surface area contributed by atoms with Gasteiger partial charge >= 0.3 is 0 Å². The highest BCUT2D eigenvalue weighted by atomic mass is 32.2. The largest absolute Gasteiger partial charge is 0.505 e.